The van der Waals surface area contributed by atoms with Gasteiger partial charge in [-0.2, -0.15) is 0 Å². The van der Waals surface area contributed by atoms with E-state index in [2.05, 4.69) is 29.1 Å². The third-order valence-corrected chi connectivity index (χ3v) is 1.83. The second-order valence-electron chi connectivity index (χ2n) is 3.05. The molecule has 1 aromatic rings. The summed E-state index contributed by atoms with van der Waals surface area (Å²) in [5, 5.41) is 0. The molecule has 0 aliphatic carbocycles. The Morgan fingerprint density at radius 3 is 2.08 bits per heavy atom. The zero-order valence-corrected chi connectivity index (χ0v) is 8.06. The van der Waals surface area contributed by atoms with Crippen molar-refractivity contribution in [2.75, 3.05) is 20.1 Å². The third-order valence-electron chi connectivity index (χ3n) is 1.83. The van der Waals surface area contributed by atoms with Gasteiger partial charge in [0.2, 0.25) is 0 Å². The van der Waals surface area contributed by atoms with E-state index in [9.17, 15) is 0 Å². The van der Waals surface area contributed by atoms with Crippen LogP contribution in [-0.4, -0.2) is 30.0 Å². The molecule has 0 bridgehead atoms. The minimum absolute atomic E-state index is 1.14. The third kappa shape index (κ3) is 5.15. The number of rotatable bonds is 0. The molecule has 13 heavy (non-hydrogen) atoms. The van der Waals surface area contributed by atoms with Gasteiger partial charge in [-0.15, -0.1) is 0 Å². The molecule has 0 N–H and O–H groups in total. The maximum Gasteiger partial charge on any atom is 0.0267 e. The summed E-state index contributed by atoms with van der Waals surface area (Å²) in [7, 11) is 2.14. The fraction of sp³-hybridized carbons (Fsp3) is 0.364. The molecule has 0 atom stereocenters. The molecule has 1 aliphatic rings. The van der Waals surface area contributed by atoms with Crippen molar-refractivity contribution in [3.63, 3.8) is 0 Å². The van der Waals surface area contributed by atoms with Crippen molar-refractivity contribution in [1.29, 1.82) is 0 Å². The van der Waals surface area contributed by atoms with Crippen LogP contribution >= 0.6 is 0 Å². The van der Waals surface area contributed by atoms with Crippen LogP contribution in [0.5, 0.6) is 0 Å². The lowest BCUT2D eigenvalue weighted by molar-refractivity contribution is 0.366. The van der Waals surface area contributed by atoms with Gasteiger partial charge in [0.15, 0.2) is 0 Å². The second-order valence-corrected chi connectivity index (χ2v) is 3.05. The summed E-state index contributed by atoms with van der Waals surface area (Å²) in [4.78, 5) is 6.09. The van der Waals surface area contributed by atoms with E-state index >= 15 is 0 Å². The summed E-state index contributed by atoms with van der Waals surface area (Å²) in [5.74, 6) is 0. The molecule has 0 saturated heterocycles. The first-order chi connectivity index (χ1) is 6.39. The van der Waals surface area contributed by atoms with Crippen LogP contribution in [-0.2, 0) is 0 Å². The molecule has 0 amide bonds. The summed E-state index contributed by atoms with van der Waals surface area (Å²) >= 11 is 0. The standard InChI is InChI=1S/C6H11N.C5H5N/c1-7-5-3-2-4-6-7;1-2-4-6-5-3-1/h2-3H,4-6H2,1H3;1-5H. The molecule has 0 fully saturated rings. The molecule has 2 rings (SSSR count). The van der Waals surface area contributed by atoms with E-state index in [0.29, 0.717) is 0 Å². The Bertz CT molecular complexity index is 204. The average Bonchev–Trinajstić information content (AvgIpc) is 2.22. The monoisotopic (exact) mass is 176 g/mol. The molecule has 1 aromatic heterocycles. The second kappa shape index (κ2) is 6.38. The Morgan fingerprint density at radius 2 is 1.85 bits per heavy atom. The minimum atomic E-state index is 1.14. The van der Waals surface area contributed by atoms with Gasteiger partial charge in [0.1, 0.15) is 0 Å². The van der Waals surface area contributed by atoms with Crippen molar-refractivity contribution in [2.45, 2.75) is 6.42 Å². The van der Waals surface area contributed by atoms with E-state index in [1.54, 1.807) is 12.4 Å². The smallest absolute Gasteiger partial charge is 0.0267 e. The van der Waals surface area contributed by atoms with Crippen LogP contribution in [0, 0.1) is 0 Å². The lowest BCUT2D eigenvalue weighted by Gasteiger charge is -2.15. The molecule has 2 heterocycles. The van der Waals surface area contributed by atoms with Crippen molar-refractivity contribution in [3.05, 3.63) is 42.7 Å². The van der Waals surface area contributed by atoms with Gasteiger partial charge in [-0.05, 0) is 25.6 Å². The zero-order valence-electron chi connectivity index (χ0n) is 8.06. The number of aromatic nitrogens is 1. The van der Waals surface area contributed by atoms with E-state index in [0.717, 1.165) is 6.54 Å². The largest absolute Gasteiger partial charge is 0.302 e. The van der Waals surface area contributed by atoms with Gasteiger partial charge in [-0.1, -0.05) is 18.2 Å². The van der Waals surface area contributed by atoms with E-state index in [1.165, 1.54) is 13.0 Å². The molecule has 2 nitrogen and oxygen atoms in total. The van der Waals surface area contributed by atoms with Crippen LogP contribution in [0.3, 0.4) is 0 Å². The summed E-state index contributed by atoms with van der Waals surface area (Å²) in [5.41, 5.74) is 0. The Labute approximate surface area is 79.9 Å². The van der Waals surface area contributed by atoms with Gasteiger partial charge in [0, 0.05) is 25.5 Å². The first kappa shape index (κ1) is 9.93. The topological polar surface area (TPSA) is 16.1 Å². The highest BCUT2D eigenvalue weighted by atomic mass is 15.1. The SMILES string of the molecule is CN1CC=CCC1.c1ccncc1. The highest BCUT2D eigenvalue weighted by Crippen LogP contribution is 1.95. The molecule has 0 unspecified atom stereocenters. The van der Waals surface area contributed by atoms with Crippen LogP contribution in [0.2, 0.25) is 0 Å². The lowest BCUT2D eigenvalue weighted by Crippen LogP contribution is -2.21. The summed E-state index contributed by atoms with van der Waals surface area (Å²) in [6, 6.07) is 5.72. The maximum atomic E-state index is 3.78. The molecule has 0 radical (unpaired) electrons. The highest BCUT2D eigenvalue weighted by Gasteiger charge is 1.95. The Balaban J connectivity index is 0.000000132. The lowest BCUT2D eigenvalue weighted by atomic mass is 10.3. The van der Waals surface area contributed by atoms with Crippen molar-refractivity contribution >= 4 is 0 Å². The maximum absolute atomic E-state index is 3.78. The van der Waals surface area contributed by atoms with Gasteiger partial charge in [-0.25, -0.2) is 0 Å². The predicted molar refractivity (Wildman–Crippen MR) is 55.5 cm³/mol. The molecule has 0 saturated carbocycles. The Hall–Kier alpha value is -1.15. The number of pyridine rings is 1. The number of hydrogen-bond donors (Lipinski definition) is 0. The van der Waals surface area contributed by atoms with Crippen LogP contribution in [0.1, 0.15) is 6.42 Å². The van der Waals surface area contributed by atoms with Crippen molar-refractivity contribution in [3.8, 4) is 0 Å². The number of hydrogen-bond acceptors (Lipinski definition) is 2. The molecule has 0 spiro atoms. The van der Waals surface area contributed by atoms with E-state index in [-0.39, 0.29) is 0 Å². The van der Waals surface area contributed by atoms with Gasteiger partial charge in [0.25, 0.3) is 0 Å². The first-order valence-corrected chi connectivity index (χ1v) is 4.58. The van der Waals surface area contributed by atoms with E-state index in [4.69, 9.17) is 0 Å². The fourth-order valence-electron chi connectivity index (χ4n) is 1.07. The van der Waals surface area contributed by atoms with Crippen molar-refractivity contribution < 1.29 is 0 Å². The summed E-state index contributed by atoms with van der Waals surface area (Å²) < 4.78 is 0. The predicted octanol–water partition coefficient (Wildman–Crippen LogP) is 1.96. The molecular formula is C11H16N2. The summed E-state index contributed by atoms with van der Waals surface area (Å²) in [6.07, 6.45) is 9.18. The highest BCUT2D eigenvalue weighted by molar-refractivity contribution is 4.89. The number of nitrogens with zero attached hydrogens (tertiary/aromatic N) is 2. The Kier molecular flexibility index (Phi) is 4.87. The van der Waals surface area contributed by atoms with Gasteiger partial charge >= 0.3 is 0 Å². The quantitative estimate of drug-likeness (QED) is 0.562. The first-order valence-electron chi connectivity index (χ1n) is 4.58. The zero-order chi connectivity index (χ0) is 9.36. The number of likely N-dealkylation sites (N-methyl/N-ethyl adjacent to an activating group) is 1. The molecule has 0 aromatic carbocycles. The van der Waals surface area contributed by atoms with Gasteiger partial charge < -0.3 is 4.90 Å². The van der Waals surface area contributed by atoms with E-state index in [1.807, 2.05) is 18.2 Å². The van der Waals surface area contributed by atoms with Crippen LogP contribution in [0.25, 0.3) is 0 Å². The average molecular weight is 176 g/mol. The minimum Gasteiger partial charge on any atom is -0.302 e. The van der Waals surface area contributed by atoms with Crippen LogP contribution < -0.4 is 0 Å². The van der Waals surface area contributed by atoms with Crippen molar-refractivity contribution in [2.24, 2.45) is 0 Å². The van der Waals surface area contributed by atoms with Crippen molar-refractivity contribution in [1.82, 2.24) is 9.88 Å². The van der Waals surface area contributed by atoms with Gasteiger partial charge in [-0.3, -0.25) is 4.98 Å². The molecular weight excluding hydrogens is 160 g/mol. The fourth-order valence-corrected chi connectivity index (χ4v) is 1.07. The van der Waals surface area contributed by atoms with E-state index < -0.39 is 0 Å². The molecule has 2 heteroatoms. The van der Waals surface area contributed by atoms with Crippen LogP contribution in [0.15, 0.2) is 42.7 Å². The van der Waals surface area contributed by atoms with Gasteiger partial charge in [0.05, 0.1) is 0 Å². The molecule has 1 aliphatic heterocycles. The summed E-state index contributed by atoms with van der Waals surface area (Å²) in [6.45, 7) is 2.37. The van der Waals surface area contributed by atoms with Crippen LogP contribution in [0.4, 0.5) is 0 Å². The Morgan fingerprint density at radius 1 is 1.08 bits per heavy atom. The normalized spacial score (nSPS) is 16.1. The molecule has 70 valence electrons.